The van der Waals surface area contributed by atoms with Crippen molar-refractivity contribution in [3.8, 4) is 0 Å². The minimum Gasteiger partial charge on any atom is -0.315 e. The van der Waals surface area contributed by atoms with Crippen molar-refractivity contribution in [2.75, 3.05) is 13.1 Å². The molecule has 1 unspecified atom stereocenters. The van der Waals surface area contributed by atoms with E-state index in [-0.39, 0.29) is 5.25 Å². The predicted molar refractivity (Wildman–Crippen MR) is 54.5 cm³/mol. The molecule has 0 amide bonds. The Hall–Kier alpha value is -0.810. The first kappa shape index (κ1) is 9.73. The summed E-state index contributed by atoms with van der Waals surface area (Å²) in [4.78, 5) is 0. The van der Waals surface area contributed by atoms with Crippen molar-refractivity contribution in [2.45, 2.75) is 23.6 Å². The molecule has 14 heavy (non-hydrogen) atoms. The zero-order valence-corrected chi connectivity index (χ0v) is 8.88. The van der Waals surface area contributed by atoms with E-state index in [1.807, 2.05) is 13.0 Å². The van der Waals surface area contributed by atoms with E-state index in [2.05, 4.69) is 15.5 Å². The van der Waals surface area contributed by atoms with Crippen molar-refractivity contribution in [2.24, 2.45) is 0 Å². The average molecular weight is 211 g/mol. The fraction of sp³-hybridized carbons (Fsp3) is 0.556. The van der Waals surface area contributed by atoms with Crippen LogP contribution in [0, 0.1) is 6.92 Å². The van der Waals surface area contributed by atoms with Gasteiger partial charge in [0.25, 0.3) is 0 Å². The smallest absolute Gasteiger partial charge is 0.150 e. The van der Waals surface area contributed by atoms with Crippen molar-refractivity contribution in [3.63, 3.8) is 0 Å². The fourth-order valence-corrected chi connectivity index (χ4v) is 2.74. The number of aryl methyl sites for hydroxylation is 1. The van der Waals surface area contributed by atoms with Crippen molar-refractivity contribution >= 4 is 10.8 Å². The normalized spacial score (nSPS) is 23.6. The number of rotatable bonds is 2. The first-order chi connectivity index (χ1) is 6.77. The molecule has 0 bridgehead atoms. The molecule has 1 aromatic heterocycles. The van der Waals surface area contributed by atoms with Crippen LogP contribution in [0.1, 0.15) is 12.1 Å². The van der Waals surface area contributed by atoms with Crippen molar-refractivity contribution in [3.05, 3.63) is 17.8 Å². The van der Waals surface area contributed by atoms with Crippen LogP contribution in [-0.4, -0.2) is 32.7 Å². The van der Waals surface area contributed by atoms with E-state index in [0.717, 1.165) is 25.2 Å². The molecule has 2 atom stereocenters. The molecule has 1 aromatic rings. The second-order valence-corrected chi connectivity index (χ2v) is 5.10. The highest BCUT2D eigenvalue weighted by atomic mass is 32.2. The number of nitrogens with zero attached hydrogens (tertiary/aromatic N) is 2. The molecule has 1 aliphatic rings. The quantitative estimate of drug-likeness (QED) is 0.762. The van der Waals surface area contributed by atoms with E-state index < -0.39 is 10.8 Å². The lowest BCUT2D eigenvalue weighted by molar-refractivity contribution is 0.666. The highest BCUT2D eigenvalue weighted by Crippen LogP contribution is 2.13. The summed E-state index contributed by atoms with van der Waals surface area (Å²) in [5.74, 6) is 0. The maximum Gasteiger partial charge on any atom is 0.150 e. The third-order valence-electron chi connectivity index (χ3n) is 2.30. The molecule has 5 heteroatoms. The molecule has 1 fully saturated rings. The molecule has 1 aliphatic heterocycles. The lowest BCUT2D eigenvalue weighted by Gasteiger charge is -2.06. The van der Waals surface area contributed by atoms with E-state index in [1.54, 1.807) is 6.07 Å². The van der Waals surface area contributed by atoms with Gasteiger partial charge in [0.2, 0.25) is 0 Å². The Morgan fingerprint density at radius 2 is 2.36 bits per heavy atom. The summed E-state index contributed by atoms with van der Waals surface area (Å²) < 4.78 is 11.9. The van der Waals surface area contributed by atoms with Gasteiger partial charge in [0.15, 0.2) is 0 Å². The fourth-order valence-electron chi connectivity index (χ4n) is 1.48. The SMILES string of the molecule is Cc1ccc(S(=O)[C@@H]2CCNC2)nn1. The molecular weight excluding hydrogens is 198 g/mol. The zero-order valence-electron chi connectivity index (χ0n) is 8.06. The predicted octanol–water partition coefficient (Wildman–Crippen LogP) is 0.255. The molecule has 4 nitrogen and oxygen atoms in total. The summed E-state index contributed by atoms with van der Waals surface area (Å²) >= 11 is 0. The van der Waals surface area contributed by atoms with Crippen LogP contribution < -0.4 is 5.32 Å². The molecule has 0 spiro atoms. The van der Waals surface area contributed by atoms with Gasteiger partial charge in [0.1, 0.15) is 5.03 Å². The summed E-state index contributed by atoms with van der Waals surface area (Å²) in [6.07, 6.45) is 0.960. The van der Waals surface area contributed by atoms with Gasteiger partial charge < -0.3 is 5.32 Å². The minimum atomic E-state index is -1.00. The second-order valence-electron chi connectivity index (χ2n) is 3.43. The monoisotopic (exact) mass is 211 g/mol. The van der Waals surface area contributed by atoms with E-state index >= 15 is 0 Å². The molecule has 2 rings (SSSR count). The van der Waals surface area contributed by atoms with Crippen LogP contribution in [0.25, 0.3) is 0 Å². The van der Waals surface area contributed by atoms with Gasteiger partial charge in [-0.1, -0.05) is 0 Å². The molecule has 76 valence electrons. The number of nitrogens with one attached hydrogen (secondary N) is 1. The maximum atomic E-state index is 11.9. The molecular formula is C9H13N3OS. The van der Waals surface area contributed by atoms with Crippen molar-refractivity contribution in [1.82, 2.24) is 15.5 Å². The summed E-state index contributed by atoms with van der Waals surface area (Å²) in [6, 6.07) is 3.65. The largest absolute Gasteiger partial charge is 0.315 e. The van der Waals surface area contributed by atoms with E-state index in [1.165, 1.54) is 0 Å². The van der Waals surface area contributed by atoms with Crippen molar-refractivity contribution in [1.29, 1.82) is 0 Å². The van der Waals surface area contributed by atoms with Gasteiger partial charge in [0.05, 0.1) is 21.7 Å². The third-order valence-corrected chi connectivity index (χ3v) is 3.94. The Morgan fingerprint density at radius 3 is 2.93 bits per heavy atom. The molecule has 0 saturated carbocycles. The van der Waals surface area contributed by atoms with Crippen LogP contribution in [0.3, 0.4) is 0 Å². The Bertz CT molecular complexity index is 332. The number of hydrogen-bond donors (Lipinski definition) is 1. The van der Waals surface area contributed by atoms with Crippen LogP contribution >= 0.6 is 0 Å². The van der Waals surface area contributed by atoms with E-state index in [0.29, 0.717) is 5.03 Å². The standard InChI is InChI=1S/C9H13N3OS/c1-7-2-3-9(12-11-7)14(13)8-4-5-10-6-8/h2-3,8,10H,4-6H2,1H3/t8-,14?/m1/s1. The Kier molecular flexibility index (Phi) is 2.88. The van der Waals surface area contributed by atoms with Gasteiger partial charge in [-0.05, 0) is 32.0 Å². The topological polar surface area (TPSA) is 54.9 Å². The first-order valence-electron chi connectivity index (χ1n) is 4.69. The lowest BCUT2D eigenvalue weighted by atomic mass is 10.4. The number of aromatic nitrogens is 2. The first-order valence-corrected chi connectivity index (χ1v) is 5.90. The average Bonchev–Trinajstić information content (AvgIpc) is 2.71. The van der Waals surface area contributed by atoms with Gasteiger partial charge in [-0.3, -0.25) is 4.21 Å². The molecule has 0 radical (unpaired) electrons. The summed E-state index contributed by atoms with van der Waals surface area (Å²) in [7, 11) is -1.00. The van der Waals surface area contributed by atoms with Crippen LogP contribution in [0.4, 0.5) is 0 Å². The molecule has 0 aliphatic carbocycles. The van der Waals surface area contributed by atoms with Gasteiger partial charge in [-0.15, -0.1) is 5.10 Å². The summed E-state index contributed by atoms with van der Waals surface area (Å²) in [6.45, 7) is 3.65. The van der Waals surface area contributed by atoms with Gasteiger partial charge in [0, 0.05) is 6.54 Å². The third kappa shape index (κ3) is 1.99. The van der Waals surface area contributed by atoms with Gasteiger partial charge in [-0.2, -0.15) is 5.10 Å². The van der Waals surface area contributed by atoms with E-state index in [9.17, 15) is 4.21 Å². The summed E-state index contributed by atoms with van der Waals surface area (Å²) in [5, 5.41) is 11.8. The Balaban J connectivity index is 2.14. The Labute approximate surface area is 85.6 Å². The van der Waals surface area contributed by atoms with Crippen LogP contribution in [0.15, 0.2) is 17.2 Å². The molecule has 2 heterocycles. The van der Waals surface area contributed by atoms with Gasteiger partial charge in [-0.25, -0.2) is 0 Å². The minimum absolute atomic E-state index is 0.201. The maximum absolute atomic E-state index is 11.9. The molecule has 1 saturated heterocycles. The lowest BCUT2D eigenvalue weighted by Crippen LogP contribution is -2.19. The highest BCUT2D eigenvalue weighted by molar-refractivity contribution is 7.85. The van der Waals surface area contributed by atoms with Crippen LogP contribution in [-0.2, 0) is 10.8 Å². The van der Waals surface area contributed by atoms with Crippen molar-refractivity contribution < 1.29 is 4.21 Å². The number of hydrogen-bond acceptors (Lipinski definition) is 4. The van der Waals surface area contributed by atoms with Crippen LogP contribution in [0.5, 0.6) is 0 Å². The highest BCUT2D eigenvalue weighted by Gasteiger charge is 2.23. The second kappa shape index (κ2) is 4.14. The van der Waals surface area contributed by atoms with Gasteiger partial charge >= 0.3 is 0 Å². The summed E-state index contributed by atoms with van der Waals surface area (Å²) in [5.41, 5.74) is 0.857. The Morgan fingerprint density at radius 1 is 1.50 bits per heavy atom. The molecule has 0 aromatic carbocycles. The molecule has 1 N–H and O–H groups in total. The van der Waals surface area contributed by atoms with Crippen LogP contribution in [0.2, 0.25) is 0 Å². The zero-order chi connectivity index (χ0) is 9.97. The van der Waals surface area contributed by atoms with E-state index in [4.69, 9.17) is 0 Å².